The minimum absolute atomic E-state index is 0.0231. The van der Waals surface area contributed by atoms with Gasteiger partial charge in [-0.2, -0.15) is 0 Å². The zero-order valence-electron chi connectivity index (χ0n) is 6.83. The Kier molecular flexibility index (Phi) is 2.74. The lowest BCUT2D eigenvalue weighted by molar-refractivity contribution is -0.116. The second-order valence-corrected chi connectivity index (χ2v) is 2.56. The maximum Gasteiger partial charge on any atom is 0.198 e. The van der Waals surface area contributed by atoms with Gasteiger partial charge in [-0.25, -0.2) is 4.98 Å². The van der Waals surface area contributed by atoms with Crippen LogP contribution in [-0.4, -0.2) is 21.5 Å². The monoisotopic (exact) mass is 166 g/mol. The number of H-pyrrole nitrogens is 1. The maximum absolute atomic E-state index is 11.2. The fourth-order valence-corrected chi connectivity index (χ4v) is 0.826. The summed E-state index contributed by atoms with van der Waals surface area (Å²) in [7, 11) is 0. The Bertz CT molecular complexity index is 277. The number of hydrogen-bond acceptors (Lipinski definition) is 3. The van der Waals surface area contributed by atoms with Gasteiger partial charge in [0.2, 0.25) is 0 Å². The first kappa shape index (κ1) is 8.64. The quantitative estimate of drug-likeness (QED) is 0.677. The lowest BCUT2D eigenvalue weighted by Crippen LogP contribution is -2.03. The molecule has 1 rings (SSSR count). The molecule has 1 aromatic rings. The molecule has 0 saturated carbocycles. The van der Waals surface area contributed by atoms with Gasteiger partial charge in [0.05, 0.1) is 0 Å². The maximum atomic E-state index is 11.2. The van der Waals surface area contributed by atoms with E-state index in [4.69, 9.17) is 0 Å². The van der Waals surface area contributed by atoms with Crippen LogP contribution in [0.25, 0.3) is 0 Å². The molecule has 12 heavy (non-hydrogen) atoms. The Morgan fingerprint density at radius 2 is 2.25 bits per heavy atom. The molecule has 0 spiro atoms. The van der Waals surface area contributed by atoms with Gasteiger partial charge in [-0.05, 0) is 6.92 Å². The molecule has 0 amide bonds. The van der Waals surface area contributed by atoms with Crippen LogP contribution in [0, 0.1) is 0 Å². The fraction of sp³-hybridized carbons (Fsp3) is 0.375. The predicted molar refractivity (Wildman–Crippen MR) is 42.8 cm³/mol. The van der Waals surface area contributed by atoms with Gasteiger partial charge in [-0.1, -0.05) is 0 Å². The number of carbonyl (C=O) groups excluding carboxylic acids is 2. The van der Waals surface area contributed by atoms with Gasteiger partial charge in [0.15, 0.2) is 11.6 Å². The molecule has 0 fully saturated rings. The molecule has 4 heteroatoms. The summed E-state index contributed by atoms with van der Waals surface area (Å²) < 4.78 is 0. The molecule has 0 atom stereocenters. The molecule has 0 radical (unpaired) electrons. The van der Waals surface area contributed by atoms with Crippen molar-refractivity contribution < 1.29 is 9.59 Å². The van der Waals surface area contributed by atoms with Gasteiger partial charge in [-0.15, -0.1) is 0 Å². The fourth-order valence-electron chi connectivity index (χ4n) is 0.826. The number of ketones is 2. The number of Topliss-reactive ketones (excluding diaryl/α,β-unsaturated/α-hetero) is 2. The second kappa shape index (κ2) is 3.80. The molecule has 0 aromatic carbocycles. The summed E-state index contributed by atoms with van der Waals surface area (Å²) in [5.41, 5.74) is 0. The van der Waals surface area contributed by atoms with E-state index in [1.165, 1.54) is 13.1 Å². The molecular formula is C8H10N2O2. The molecule has 1 N–H and O–H groups in total. The predicted octanol–water partition coefficient (Wildman–Crippen LogP) is 0.962. The minimum Gasteiger partial charge on any atom is -0.342 e. The van der Waals surface area contributed by atoms with Gasteiger partial charge in [-0.3, -0.25) is 4.79 Å². The van der Waals surface area contributed by atoms with Gasteiger partial charge in [0, 0.05) is 25.2 Å². The Morgan fingerprint density at radius 1 is 1.50 bits per heavy atom. The van der Waals surface area contributed by atoms with Gasteiger partial charge >= 0.3 is 0 Å². The number of carbonyl (C=O) groups is 2. The van der Waals surface area contributed by atoms with E-state index in [-0.39, 0.29) is 18.0 Å². The molecule has 0 aliphatic carbocycles. The van der Waals surface area contributed by atoms with Crippen LogP contribution in [0.1, 0.15) is 30.4 Å². The van der Waals surface area contributed by atoms with E-state index >= 15 is 0 Å². The van der Waals surface area contributed by atoms with Crippen LogP contribution in [0.15, 0.2) is 12.4 Å². The van der Waals surface area contributed by atoms with Crippen LogP contribution in [-0.2, 0) is 4.79 Å². The lowest BCUT2D eigenvalue weighted by atomic mass is 10.2. The summed E-state index contributed by atoms with van der Waals surface area (Å²) in [5, 5.41) is 0. The average molecular weight is 166 g/mol. The molecule has 0 aliphatic rings. The van der Waals surface area contributed by atoms with Crippen molar-refractivity contribution in [1.29, 1.82) is 0 Å². The summed E-state index contributed by atoms with van der Waals surface area (Å²) in [6.07, 6.45) is 3.63. The lowest BCUT2D eigenvalue weighted by Gasteiger charge is -1.93. The van der Waals surface area contributed by atoms with Crippen molar-refractivity contribution in [3.05, 3.63) is 18.2 Å². The molecule has 1 aromatic heterocycles. The number of nitrogens with zero attached hydrogens (tertiary/aromatic N) is 1. The third-order valence-corrected chi connectivity index (χ3v) is 1.47. The Labute approximate surface area is 70.0 Å². The number of imidazole rings is 1. The van der Waals surface area contributed by atoms with E-state index in [0.29, 0.717) is 12.2 Å². The van der Waals surface area contributed by atoms with Crippen molar-refractivity contribution in [2.75, 3.05) is 0 Å². The molecule has 64 valence electrons. The van der Waals surface area contributed by atoms with E-state index < -0.39 is 0 Å². The molecule has 0 saturated heterocycles. The van der Waals surface area contributed by atoms with Crippen molar-refractivity contribution >= 4 is 11.6 Å². The number of hydrogen-bond donors (Lipinski definition) is 1. The van der Waals surface area contributed by atoms with Crippen LogP contribution in [0.2, 0.25) is 0 Å². The summed E-state index contributed by atoms with van der Waals surface area (Å²) in [4.78, 5) is 28.2. The van der Waals surface area contributed by atoms with Crippen molar-refractivity contribution in [2.24, 2.45) is 0 Å². The summed E-state index contributed by atoms with van der Waals surface area (Å²) in [6, 6.07) is 0. The molecule has 4 nitrogen and oxygen atoms in total. The third-order valence-electron chi connectivity index (χ3n) is 1.47. The van der Waals surface area contributed by atoms with E-state index in [1.54, 1.807) is 6.20 Å². The summed E-state index contributed by atoms with van der Waals surface area (Å²) in [5.74, 6) is 0.237. The van der Waals surface area contributed by atoms with Crippen LogP contribution in [0.3, 0.4) is 0 Å². The average Bonchev–Trinajstić information content (AvgIpc) is 2.51. The number of aromatic amines is 1. The smallest absolute Gasteiger partial charge is 0.198 e. The van der Waals surface area contributed by atoms with E-state index in [0.717, 1.165) is 0 Å². The number of aromatic nitrogens is 2. The minimum atomic E-state index is -0.116. The first-order chi connectivity index (χ1) is 5.70. The zero-order chi connectivity index (χ0) is 8.97. The molecule has 0 bridgehead atoms. The van der Waals surface area contributed by atoms with Crippen LogP contribution in [0.4, 0.5) is 0 Å². The van der Waals surface area contributed by atoms with Crippen LogP contribution < -0.4 is 0 Å². The van der Waals surface area contributed by atoms with Gasteiger partial charge < -0.3 is 9.78 Å². The molecule has 1 heterocycles. The first-order valence-electron chi connectivity index (χ1n) is 3.72. The highest BCUT2D eigenvalue weighted by atomic mass is 16.1. The normalized spacial score (nSPS) is 9.75. The summed E-state index contributed by atoms with van der Waals surface area (Å²) >= 11 is 0. The number of rotatable bonds is 4. The largest absolute Gasteiger partial charge is 0.342 e. The SMILES string of the molecule is CC(=O)CCC(=O)c1ncc[nH]1. The van der Waals surface area contributed by atoms with Gasteiger partial charge in [0.25, 0.3) is 0 Å². The highest BCUT2D eigenvalue weighted by Gasteiger charge is 2.08. The highest BCUT2D eigenvalue weighted by Crippen LogP contribution is 1.99. The second-order valence-electron chi connectivity index (χ2n) is 2.56. The van der Waals surface area contributed by atoms with E-state index in [9.17, 15) is 9.59 Å². The van der Waals surface area contributed by atoms with Crippen molar-refractivity contribution in [1.82, 2.24) is 9.97 Å². The van der Waals surface area contributed by atoms with E-state index in [1.807, 2.05) is 0 Å². The number of nitrogens with one attached hydrogen (secondary N) is 1. The first-order valence-corrected chi connectivity index (χ1v) is 3.72. The third kappa shape index (κ3) is 2.30. The van der Waals surface area contributed by atoms with Crippen molar-refractivity contribution in [3.63, 3.8) is 0 Å². The molecule has 0 aliphatic heterocycles. The Hall–Kier alpha value is -1.45. The topological polar surface area (TPSA) is 62.8 Å². The van der Waals surface area contributed by atoms with Crippen molar-refractivity contribution in [3.8, 4) is 0 Å². The molecular weight excluding hydrogens is 156 g/mol. The highest BCUT2D eigenvalue weighted by molar-refractivity contribution is 5.94. The van der Waals surface area contributed by atoms with Crippen LogP contribution in [0.5, 0.6) is 0 Å². The Morgan fingerprint density at radius 3 is 2.75 bits per heavy atom. The van der Waals surface area contributed by atoms with Gasteiger partial charge in [0.1, 0.15) is 5.78 Å². The van der Waals surface area contributed by atoms with Crippen molar-refractivity contribution in [2.45, 2.75) is 19.8 Å². The standard InChI is InChI=1S/C8H10N2O2/c1-6(11)2-3-7(12)8-9-4-5-10-8/h4-5H,2-3H2,1H3,(H,9,10). The molecule has 0 unspecified atom stereocenters. The summed E-state index contributed by atoms with van der Waals surface area (Å²) in [6.45, 7) is 1.47. The Balaban J connectivity index is 2.45. The van der Waals surface area contributed by atoms with E-state index in [2.05, 4.69) is 9.97 Å². The van der Waals surface area contributed by atoms with Crippen LogP contribution >= 0.6 is 0 Å². The zero-order valence-corrected chi connectivity index (χ0v) is 6.83.